The molecule has 0 bridgehead atoms. The summed E-state index contributed by atoms with van der Waals surface area (Å²) in [5.74, 6) is 2.39. The van der Waals surface area contributed by atoms with Crippen LogP contribution in [0.5, 0.6) is 11.6 Å². The summed E-state index contributed by atoms with van der Waals surface area (Å²) in [5, 5.41) is 0. The summed E-state index contributed by atoms with van der Waals surface area (Å²) < 4.78 is 10.8. The van der Waals surface area contributed by atoms with Crippen molar-refractivity contribution in [2.45, 2.75) is 31.8 Å². The number of hydrogen-bond acceptors (Lipinski definition) is 6. The van der Waals surface area contributed by atoms with Gasteiger partial charge in [-0.3, -0.25) is 4.90 Å². The first-order valence-corrected chi connectivity index (χ1v) is 9.30. The predicted molar refractivity (Wildman–Crippen MR) is 101 cm³/mol. The molecule has 2 aliphatic rings. The van der Waals surface area contributed by atoms with Crippen molar-refractivity contribution in [3.63, 3.8) is 0 Å². The van der Waals surface area contributed by atoms with E-state index < -0.39 is 0 Å². The van der Waals surface area contributed by atoms with Gasteiger partial charge in [0.1, 0.15) is 5.75 Å². The lowest BCUT2D eigenvalue weighted by Crippen LogP contribution is -2.46. The van der Waals surface area contributed by atoms with Crippen LogP contribution in [0.3, 0.4) is 0 Å². The second-order valence-corrected chi connectivity index (χ2v) is 7.08. The first-order valence-electron chi connectivity index (χ1n) is 9.30. The summed E-state index contributed by atoms with van der Waals surface area (Å²) >= 11 is 0. The van der Waals surface area contributed by atoms with Crippen molar-refractivity contribution in [2.75, 3.05) is 38.8 Å². The zero-order valence-corrected chi connectivity index (χ0v) is 15.5. The minimum absolute atomic E-state index is 0.411. The quantitative estimate of drug-likeness (QED) is 0.822. The lowest BCUT2D eigenvalue weighted by atomic mass is 10.0. The van der Waals surface area contributed by atoms with Crippen molar-refractivity contribution in [1.29, 1.82) is 0 Å². The molecule has 1 fully saturated rings. The molecule has 26 heavy (non-hydrogen) atoms. The maximum absolute atomic E-state index is 5.62. The van der Waals surface area contributed by atoms with Gasteiger partial charge in [-0.15, -0.1) is 0 Å². The van der Waals surface area contributed by atoms with Crippen molar-refractivity contribution in [3.05, 3.63) is 41.6 Å². The Hall–Kier alpha value is -2.34. The molecule has 6 heteroatoms. The maximum atomic E-state index is 5.62. The van der Waals surface area contributed by atoms with E-state index in [0.717, 1.165) is 50.8 Å². The SMILES string of the molecule is COc1ccnc(N(C)C2CCCN(Cc3ccc4c(c3)CCO4)C2)n1. The molecule has 2 aromatic rings. The number of aromatic nitrogens is 2. The number of hydrogen-bond donors (Lipinski definition) is 0. The molecule has 0 saturated carbocycles. The first-order chi connectivity index (χ1) is 12.7. The molecule has 6 nitrogen and oxygen atoms in total. The van der Waals surface area contributed by atoms with Crippen LogP contribution in [-0.2, 0) is 13.0 Å². The number of benzene rings is 1. The van der Waals surface area contributed by atoms with Crippen molar-refractivity contribution in [1.82, 2.24) is 14.9 Å². The van der Waals surface area contributed by atoms with Crippen molar-refractivity contribution in [3.8, 4) is 11.6 Å². The van der Waals surface area contributed by atoms with Gasteiger partial charge in [-0.05, 0) is 36.6 Å². The predicted octanol–water partition coefficient (Wildman–Crippen LogP) is 2.52. The number of methoxy groups -OCH3 is 1. The Bertz CT molecular complexity index is 767. The van der Waals surface area contributed by atoms with Gasteiger partial charge in [-0.2, -0.15) is 4.98 Å². The summed E-state index contributed by atoms with van der Waals surface area (Å²) in [6, 6.07) is 8.81. The van der Waals surface area contributed by atoms with Gasteiger partial charge in [-0.1, -0.05) is 12.1 Å². The highest BCUT2D eigenvalue weighted by molar-refractivity contribution is 5.40. The highest BCUT2D eigenvalue weighted by Crippen LogP contribution is 2.27. The Balaban J connectivity index is 1.42. The molecule has 3 heterocycles. The fraction of sp³-hybridized carbons (Fsp3) is 0.500. The number of anilines is 1. The van der Waals surface area contributed by atoms with Gasteiger partial charge in [-0.25, -0.2) is 4.98 Å². The average molecular weight is 354 g/mol. The van der Waals surface area contributed by atoms with Gasteiger partial charge in [0.25, 0.3) is 0 Å². The first kappa shape index (κ1) is 17.1. The summed E-state index contributed by atoms with van der Waals surface area (Å²) in [5.41, 5.74) is 2.72. The van der Waals surface area contributed by atoms with Crippen LogP contribution in [0.1, 0.15) is 24.0 Å². The Morgan fingerprint density at radius 1 is 1.35 bits per heavy atom. The molecule has 2 aliphatic heterocycles. The Kier molecular flexibility index (Phi) is 4.93. The number of rotatable bonds is 5. The fourth-order valence-electron chi connectivity index (χ4n) is 3.87. The number of likely N-dealkylation sites (tertiary alicyclic amines) is 1. The lowest BCUT2D eigenvalue weighted by molar-refractivity contribution is 0.198. The van der Waals surface area contributed by atoms with Crippen molar-refractivity contribution >= 4 is 5.95 Å². The fourth-order valence-corrected chi connectivity index (χ4v) is 3.87. The average Bonchev–Trinajstić information content (AvgIpc) is 3.15. The van der Waals surface area contributed by atoms with Crippen LogP contribution >= 0.6 is 0 Å². The molecule has 4 rings (SSSR count). The summed E-state index contributed by atoms with van der Waals surface area (Å²) in [6.07, 6.45) is 5.13. The molecule has 0 amide bonds. The van der Waals surface area contributed by atoms with Crippen molar-refractivity contribution < 1.29 is 9.47 Å². The van der Waals surface area contributed by atoms with E-state index >= 15 is 0 Å². The summed E-state index contributed by atoms with van der Waals surface area (Å²) in [4.78, 5) is 13.6. The highest BCUT2D eigenvalue weighted by Gasteiger charge is 2.25. The monoisotopic (exact) mass is 354 g/mol. The topological polar surface area (TPSA) is 50.7 Å². The third-order valence-electron chi connectivity index (χ3n) is 5.33. The van der Waals surface area contributed by atoms with Crippen LogP contribution in [0.4, 0.5) is 5.95 Å². The maximum Gasteiger partial charge on any atom is 0.228 e. The van der Waals surface area contributed by atoms with E-state index in [-0.39, 0.29) is 0 Å². The molecule has 1 unspecified atom stereocenters. The summed E-state index contributed by atoms with van der Waals surface area (Å²) in [6.45, 7) is 3.95. The van der Waals surface area contributed by atoms with E-state index in [9.17, 15) is 0 Å². The third-order valence-corrected chi connectivity index (χ3v) is 5.33. The van der Waals surface area contributed by atoms with E-state index in [0.29, 0.717) is 11.9 Å². The molecule has 0 aliphatic carbocycles. The van der Waals surface area contributed by atoms with Gasteiger partial charge >= 0.3 is 0 Å². The van der Waals surface area contributed by atoms with Crippen LogP contribution < -0.4 is 14.4 Å². The molecule has 1 atom stereocenters. The van der Waals surface area contributed by atoms with Gasteiger partial charge in [0.2, 0.25) is 11.8 Å². The van der Waals surface area contributed by atoms with E-state index in [1.54, 1.807) is 19.4 Å². The third kappa shape index (κ3) is 3.60. The number of fused-ring (bicyclic) bond motifs is 1. The second kappa shape index (κ2) is 7.50. The molecular weight excluding hydrogens is 328 g/mol. The van der Waals surface area contributed by atoms with Crippen LogP contribution in [-0.4, -0.2) is 54.8 Å². The highest BCUT2D eigenvalue weighted by atomic mass is 16.5. The molecule has 138 valence electrons. The molecule has 1 aromatic carbocycles. The van der Waals surface area contributed by atoms with Crippen molar-refractivity contribution in [2.24, 2.45) is 0 Å². The molecule has 0 spiro atoms. The Labute approximate surface area is 154 Å². The summed E-state index contributed by atoms with van der Waals surface area (Å²) in [7, 11) is 3.71. The van der Waals surface area contributed by atoms with Gasteiger partial charge in [0.15, 0.2) is 0 Å². The van der Waals surface area contributed by atoms with Crippen LogP contribution in [0.15, 0.2) is 30.5 Å². The van der Waals surface area contributed by atoms with Crippen LogP contribution in [0, 0.1) is 0 Å². The smallest absolute Gasteiger partial charge is 0.228 e. The Morgan fingerprint density at radius 2 is 2.27 bits per heavy atom. The molecule has 0 N–H and O–H groups in total. The second-order valence-electron chi connectivity index (χ2n) is 7.08. The minimum Gasteiger partial charge on any atom is -0.493 e. The van der Waals surface area contributed by atoms with Gasteiger partial charge < -0.3 is 14.4 Å². The number of nitrogens with zero attached hydrogens (tertiary/aromatic N) is 4. The van der Waals surface area contributed by atoms with E-state index in [4.69, 9.17) is 9.47 Å². The van der Waals surface area contributed by atoms with Crippen LogP contribution in [0.2, 0.25) is 0 Å². The number of ether oxygens (including phenoxy) is 2. The number of likely N-dealkylation sites (N-methyl/N-ethyl adjacent to an activating group) is 1. The lowest BCUT2D eigenvalue weighted by Gasteiger charge is -2.37. The zero-order valence-electron chi connectivity index (χ0n) is 15.5. The number of piperidine rings is 1. The van der Waals surface area contributed by atoms with Crippen LogP contribution in [0.25, 0.3) is 0 Å². The normalized spacial score (nSPS) is 19.7. The van der Waals surface area contributed by atoms with Gasteiger partial charge in [0, 0.05) is 44.9 Å². The Morgan fingerprint density at radius 3 is 3.15 bits per heavy atom. The molecule has 0 radical (unpaired) electrons. The van der Waals surface area contributed by atoms with E-state index in [1.165, 1.54) is 17.5 Å². The molecular formula is C20H26N4O2. The molecule has 1 aromatic heterocycles. The standard InChI is InChI=1S/C20H26N4O2/c1-23(20-21-9-7-19(22-20)25-2)17-4-3-10-24(14-17)13-15-5-6-18-16(12-15)8-11-26-18/h5-7,9,12,17H,3-4,8,10-11,13-14H2,1-2H3. The largest absolute Gasteiger partial charge is 0.493 e. The molecule has 1 saturated heterocycles. The van der Waals surface area contributed by atoms with Gasteiger partial charge in [0.05, 0.1) is 13.7 Å². The minimum atomic E-state index is 0.411. The van der Waals surface area contributed by atoms with E-state index in [1.807, 2.05) is 0 Å². The zero-order chi connectivity index (χ0) is 17.9. The van der Waals surface area contributed by atoms with E-state index in [2.05, 4.69) is 45.0 Å².